The van der Waals surface area contributed by atoms with Crippen LogP contribution in [0.4, 0.5) is 0 Å². The van der Waals surface area contributed by atoms with Crippen molar-refractivity contribution in [2.75, 3.05) is 0 Å². The molecule has 0 amide bonds. The Labute approximate surface area is 444 Å². The molecule has 0 N–H and O–H groups in total. The second-order valence-electron chi connectivity index (χ2n) is 20.3. The van der Waals surface area contributed by atoms with Crippen molar-refractivity contribution in [3.8, 4) is 33.6 Å². The van der Waals surface area contributed by atoms with Crippen LogP contribution in [0.3, 0.4) is 0 Å². The van der Waals surface area contributed by atoms with Gasteiger partial charge in [0.1, 0.15) is 0 Å². The number of para-hydroxylation sites is 3. The predicted molar refractivity (Wildman–Crippen MR) is 327 cm³/mol. The van der Waals surface area contributed by atoms with E-state index in [1.807, 2.05) is 0 Å². The molecule has 0 spiro atoms. The minimum absolute atomic E-state index is 1.15. The van der Waals surface area contributed by atoms with Gasteiger partial charge in [-0.1, -0.05) is 255 Å². The summed E-state index contributed by atoms with van der Waals surface area (Å²) in [6.07, 6.45) is 0. The maximum Gasteiger partial charge on any atom is 0.179 e. The highest BCUT2D eigenvalue weighted by molar-refractivity contribution is 7.33. The number of hydrogen-bond donors (Lipinski definition) is 0. The molecule has 1 aliphatic heterocycles. The van der Waals surface area contributed by atoms with Crippen molar-refractivity contribution in [3.63, 3.8) is 0 Å². The second kappa shape index (κ2) is 17.7. The number of rotatable bonds is 8. The summed E-state index contributed by atoms with van der Waals surface area (Å²) >= 11 is 0. The van der Waals surface area contributed by atoms with Crippen molar-refractivity contribution < 1.29 is 0 Å². The van der Waals surface area contributed by atoms with E-state index in [1.54, 1.807) is 0 Å². The van der Waals surface area contributed by atoms with Gasteiger partial charge in [-0.3, -0.25) is 0 Å². The molecule has 0 aliphatic carbocycles. The third-order valence-corrected chi connectivity index (χ3v) is 26.8. The van der Waals surface area contributed by atoms with Crippen molar-refractivity contribution in [1.29, 1.82) is 0 Å². The second-order valence-corrected chi connectivity index (χ2v) is 27.8. The molecule has 12 aromatic carbocycles. The van der Waals surface area contributed by atoms with Gasteiger partial charge in [-0.05, 0) is 112 Å². The van der Waals surface area contributed by atoms with Crippen LogP contribution in [0.1, 0.15) is 0 Å². The van der Waals surface area contributed by atoms with Gasteiger partial charge in [-0.25, -0.2) is 0 Å². The smallest absolute Gasteiger partial charge is 0.179 e. The number of hydrogen-bond acceptors (Lipinski definition) is 0. The minimum atomic E-state index is -3.06. The van der Waals surface area contributed by atoms with E-state index < -0.39 is 16.1 Å². The van der Waals surface area contributed by atoms with Crippen LogP contribution in [0.25, 0.3) is 77.2 Å². The van der Waals surface area contributed by atoms with Crippen molar-refractivity contribution in [2.45, 2.75) is 0 Å². The van der Waals surface area contributed by atoms with Gasteiger partial charge in [0.25, 0.3) is 0 Å². The van der Waals surface area contributed by atoms with Crippen molar-refractivity contribution in [3.05, 3.63) is 303 Å². The summed E-state index contributed by atoms with van der Waals surface area (Å²) in [6, 6.07) is 115. The summed E-state index contributed by atoms with van der Waals surface area (Å²) in [5.74, 6) is 0. The van der Waals surface area contributed by atoms with Crippen LogP contribution in [-0.2, 0) is 0 Å². The highest BCUT2D eigenvalue weighted by Gasteiger charge is 2.56. The molecule has 0 radical (unpaired) electrons. The molecule has 2 nitrogen and oxygen atoms in total. The first-order valence-electron chi connectivity index (χ1n) is 26.4. The van der Waals surface area contributed by atoms with Crippen LogP contribution < -0.4 is 41.5 Å². The Morgan fingerprint density at radius 1 is 0.197 bits per heavy atom. The zero-order valence-corrected chi connectivity index (χ0v) is 43.8. The molecule has 0 fully saturated rings. The quantitative estimate of drug-likeness (QED) is 0.134. The molecule has 0 saturated heterocycles. The maximum atomic E-state index is 2.52. The highest BCUT2D eigenvalue weighted by atomic mass is 28.3. The largest absolute Gasteiger partial charge is 0.309 e. The first kappa shape index (κ1) is 44.2. The summed E-state index contributed by atoms with van der Waals surface area (Å²) in [5, 5.41) is 16.4. The Hall–Kier alpha value is -9.33. The van der Waals surface area contributed by atoms with Gasteiger partial charge in [0.05, 0.1) is 22.1 Å². The molecular weight excluding hydrogens is 949 g/mol. The summed E-state index contributed by atoms with van der Waals surface area (Å²) in [4.78, 5) is 0. The Morgan fingerprint density at radius 2 is 0.539 bits per heavy atom. The van der Waals surface area contributed by atoms with Crippen molar-refractivity contribution >= 4 is 101 Å². The Balaban J connectivity index is 0.950. The van der Waals surface area contributed by atoms with Crippen LogP contribution in [0.5, 0.6) is 0 Å². The van der Waals surface area contributed by atoms with Crippen molar-refractivity contribution in [2.24, 2.45) is 0 Å². The van der Waals surface area contributed by atoms with E-state index in [9.17, 15) is 0 Å². The fraction of sp³-hybridized carbons (Fsp3) is 0. The molecule has 0 bridgehead atoms. The molecule has 4 heteroatoms. The molecule has 0 unspecified atom stereocenters. The molecule has 15 rings (SSSR count). The van der Waals surface area contributed by atoms with E-state index in [-0.39, 0.29) is 0 Å². The fourth-order valence-corrected chi connectivity index (χ4v) is 25.4. The maximum absolute atomic E-state index is 3.06. The SMILES string of the molecule is c1ccc(-c2ccc([Si]3(c4cccc(-c5ccccc5)c4)c4ccccc4[Si](c4ccccc4)(c4ccc(-n5c6ccccc6c6cc(-n7c8ccccc8c8ccccc87)ccc65)cc4)c4ccccc43)cc2)cc1. The summed E-state index contributed by atoms with van der Waals surface area (Å²) in [7, 11) is -6.11. The summed E-state index contributed by atoms with van der Waals surface area (Å²) in [6.45, 7) is 0. The van der Waals surface area contributed by atoms with Crippen LogP contribution in [0.2, 0.25) is 0 Å². The third-order valence-electron chi connectivity index (χ3n) is 16.6. The van der Waals surface area contributed by atoms with E-state index in [0.717, 1.165) is 11.4 Å². The van der Waals surface area contributed by atoms with Gasteiger partial charge < -0.3 is 9.13 Å². The van der Waals surface area contributed by atoms with Gasteiger partial charge in [0.2, 0.25) is 0 Å². The van der Waals surface area contributed by atoms with Crippen LogP contribution in [-0.4, -0.2) is 25.3 Å². The third kappa shape index (κ3) is 6.51. The number of fused-ring (bicyclic) bond motifs is 8. The average molecular weight is 999 g/mol. The fourth-order valence-electron chi connectivity index (χ4n) is 13.4. The lowest BCUT2D eigenvalue weighted by Gasteiger charge is -2.48. The minimum Gasteiger partial charge on any atom is -0.309 e. The first-order valence-corrected chi connectivity index (χ1v) is 30.4. The Bertz CT molecular complexity index is 4400. The summed E-state index contributed by atoms with van der Waals surface area (Å²) in [5.41, 5.74) is 12.0. The molecule has 0 saturated carbocycles. The van der Waals surface area contributed by atoms with E-state index in [2.05, 4.69) is 312 Å². The zero-order chi connectivity index (χ0) is 50.2. The molecule has 2 aromatic heterocycles. The van der Waals surface area contributed by atoms with Gasteiger partial charge in [-0.15, -0.1) is 0 Å². The zero-order valence-electron chi connectivity index (χ0n) is 41.8. The van der Waals surface area contributed by atoms with Gasteiger partial charge in [0.15, 0.2) is 16.1 Å². The molecule has 1 aliphatic rings. The van der Waals surface area contributed by atoms with Gasteiger partial charge >= 0.3 is 0 Å². The monoisotopic (exact) mass is 998 g/mol. The number of benzene rings is 12. The van der Waals surface area contributed by atoms with E-state index in [4.69, 9.17) is 0 Å². The summed E-state index contributed by atoms with van der Waals surface area (Å²) < 4.78 is 4.90. The number of nitrogens with zero attached hydrogens (tertiary/aromatic N) is 2. The molecule has 3 heterocycles. The standard InChI is InChI=1S/C72H50N2Si2/c1-4-21-51(22-5-1)53-39-44-58(45-40-53)76(60-28-20-25-54(49-60)52-23-6-2-7-24-52)71-37-18-16-35-69(71)75(57-26-8-3-9-27-57,70-36-17-19-38-72(70)76)59-46-41-55(42-47-59)73-67-34-15-12-31-63(67)64-50-56(43-48-68(64)73)74-65-32-13-10-29-61(65)62-30-11-14-33-66(62)74/h1-50H. The topological polar surface area (TPSA) is 9.86 Å². The first-order chi connectivity index (χ1) is 37.7. The van der Waals surface area contributed by atoms with E-state index in [1.165, 1.54) is 107 Å². The molecule has 14 aromatic rings. The van der Waals surface area contributed by atoms with Crippen LogP contribution >= 0.6 is 0 Å². The lowest BCUT2D eigenvalue weighted by Crippen LogP contribution is -2.93. The highest BCUT2D eigenvalue weighted by Crippen LogP contribution is 2.37. The van der Waals surface area contributed by atoms with E-state index >= 15 is 0 Å². The van der Waals surface area contributed by atoms with Gasteiger partial charge in [-0.2, -0.15) is 0 Å². The average Bonchev–Trinajstić information content (AvgIpc) is 4.16. The lowest BCUT2D eigenvalue weighted by molar-refractivity contribution is 1.17. The van der Waals surface area contributed by atoms with Crippen molar-refractivity contribution in [1.82, 2.24) is 9.13 Å². The lowest BCUT2D eigenvalue weighted by atomic mass is 10.1. The molecule has 356 valence electrons. The Kier molecular flexibility index (Phi) is 10.3. The Morgan fingerprint density at radius 3 is 1.08 bits per heavy atom. The van der Waals surface area contributed by atoms with E-state index in [0.29, 0.717) is 0 Å². The van der Waals surface area contributed by atoms with Crippen LogP contribution in [0, 0.1) is 0 Å². The molecule has 76 heavy (non-hydrogen) atoms. The van der Waals surface area contributed by atoms with Gasteiger partial charge in [0, 0.05) is 32.9 Å². The molecular formula is C72H50N2Si2. The number of aromatic nitrogens is 2. The normalized spacial score (nSPS) is 16.0. The predicted octanol–water partition coefficient (Wildman–Crippen LogP) is 12.3. The molecule has 0 atom stereocenters. The van der Waals surface area contributed by atoms with Crippen LogP contribution in [0.15, 0.2) is 303 Å².